The molecule has 0 fully saturated rings. The summed E-state index contributed by atoms with van der Waals surface area (Å²) in [6, 6.07) is 17.0. The van der Waals surface area contributed by atoms with E-state index in [4.69, 9.17) is 11.6 Å². The molecule has 0 bridgehead atoms. The number of nitrogens with zero attached hydrogens (tertiary/aromatic N) is 1. The minimum absolute atomic E-state index is 0.240. The molecule has 4 aromatic rings. The standard InChI is InChI=1S/C21H14ClFN2OS/c22-15-5-3-14(4-6-15)18-13-27-20(19(18)25-11-1-2-12-25)21(26)24-17-9-7-16(23)8-10-17/h1-13H,(H,24,26). The Balaban J connectivity index is 1.75. The summed E-state index contributed by atoms with van der Waals surface area (Å²) in [6.07, 6.45) is 3.80. The summed E-state index contributed by atoms with van der Waals surface area (Å²) in [5.74, 6) is -0.585. The summed E-state index contributed by atoms with van der Waals surface area (Å²) in [5, 5.41) is 5.45. The van der Waals surface area contributed by atoms with Gasteiger partial charge in [0, 0.05) is 34.0 Å². The first-order chi connectivity index (χ1) is 13.1. The van der Waals surface area contributed by atoms with E-state index in [0.717, 1.165) is 16.8 Å². The number of halogens is 2. The van der Waals surface area contributed by atoms with E-state index in [1.54, 1.807) is 0 Å². The third-order valence-corrected chi connectivity index (χ3v) is 5.31. The highest BCUT2D eigenvalue weighted by atomic mass is 35.5. The number of amides is 1. The van der Waals surface area contributed by atoms with Gasteiger partial charge >= 0.3 is 0 Å². The van der Waals surface area contributed by atoms with E-state index in [9.17, 15) is 9.18 Å². The summed E-state index contributed by atoms with van der Waals surface area (Å²) >= 11 is 7.37. The molecule has 27 heavy (non-hydrogen) atoms. The van der Waals surface area contributed by atoms with E-state index in [0.29, 0.717) is 15.6 Å². The molecule has 0 aliphatic rings. The molecular weight excluding hydrogens is 383 g/mol. The van der Waals surface area contributed by atoms with Crippen LogP contribution in [0, 0.1) is 5.82 Å². The van der Waals surface area contributed by atoms with Crippen LogP contribution in [0.2, 0.25) is 5.02 Å². The summed E-state index contributed by atoms with van der Waals surface area (Å²) < 4.78 is 15.0. The number of anilines is 1. The van der Waals surface area contributed by atoms with Gasteiger partial charge in [0.25, 0.3) is 5.91 Å². The zero-order chi connectivity index (χ0) is 18.8. The van der Waals surface area contributed by atoms with Crippen molar-refractivity contribution in [3.8, 4) is 16.8 Å². The third-order valence-electron chi connectivity index (χ3n) is 4.09. The van der Waals surface area contributed by atoms with Gasteiger partial charge in [0.2, 0.25) is 0 Å². The van der Waals surface area contributed by atoms with Crippen molar-refractivity contribution in [2.24, 2.45) is 0 Å². The Labute approximate surface area is 164 Å². The van der Waals surface area contributed by atoms with Crippen molar-refractivity contribution >= 4 is 34.5 Å². The Hall–Kier alpha value is -2.89. The van der Waals surface area contributed by atoms with E-state index < -0.39 is 0 Å². The van der Waals surface area contributed by atoms with Crippen LogP contribution in [-0.2, 0) is 0 Å². The first-order valence-electron chi connectivity index (χ1n) is 8.19. The van der Waals surface area contributed by atoms with Gasteiger partial charge in [-0.3, -0.25) is 4.79 Å². The molecule has 2 heterocycles. The van der Waals surface area contributed by atoms with E-state index in [1.807, 2.05) is 58.7 Å². The van der Waals surface area contributed by atoms with Gasteiger partial charge in [0.1, 0.15) is 10.7 Å². The lowest BCUT2D eigenvalue weighted by atomic mass is 10.1. The lowest BCUT2D eigenvalue weighted by Crippen LogP contribution is -2.12. The van der Waals surface area contributed by atoms with Crippen LogP contribution >= 0.6 is 22.9 Å². The second kappa shape index (κ2) is 7.39. The van der Waals surface area contributed by atoms with Crippen molar-refractivity contribution < 1.29 is 9.18 Å². The molecule has 0 unspecified atom stereocenters. The van der Waals surface area contributed by atoms with Crippen LogP contribution in [0.1, 0.15) is 9.67 Å². The number of nitrogens with one attached hydrogen (secondary N) is 1. The monoisotopic (exact) mass is 396 g/mol. The Morgan fingerprint density at radius 3 is 2.33 bits per heavy atom. The molecule has 0 aliphatic heterocycles. The molecule has 1 N–H and O–H groups in total. The highest BCUT2D eigenvalue weighted by Gasteiger charge is 2.20. The van der Waals surface area contributed by atoms with Crippen molar-refractivity contribution in [2.75, 3.05) is 5.32 Å². The van der Waals surface area contributed by atoms with E-state index in [2.05, 4.69) is 5.32 Å². The van der Waals surface area contributed by atoms with Crippen LogP contribution < -0.4 is 5.32 Å². The van der Waals surface area contributed by atoms with Crippen molar-refractivity contribution in [1.82, 2.24) is 4.57 Å². The van der Waals surface area contributed by atoms with Gasteiger partial charge in [-0.1, -0.05) is 23.7 Å². The number of thiophene rings is 1. The zero-order valence-corrected chi connectivity index (χ0v) is 15.6. The third kappa shape index (κ3) is 3.65. The average Bonchev–Trinajstić information content (AvgIpc) is 3.33. The first-order valence-corrected chi connectivity index (χ1v) is 9.45. The molecule has 0 spiro atoms. The maximum Gasteiger partial charge on any atom is 0.267 e. The lowest BCUT2D eigenvalue weighted by molar-refractivity contribution is 0.103. The fraction of sp³-hybridized carbons (Fsp3) is 0. The predicted molar refractivity (Wildman–Crippen MR) is 108 cm³/mol. The quantitative estimate of drug-likeness (QED) is 0.434. The average molecular weight is 397 g/mol. The lowest BCUT2D eigenvalue weighted by Gasteiger charge is -2.10. The van der Waals surface area contributed by atoms with Crippen molar-refractivity contribution in [1.29, 1.82) is 0 Å². The van der Waals surface area contributed by atoms with Crippen molar-refractivity contribution in [2.45, 2.75) is 0 Å². The SMILES string of the molecule is O=C(Nc1ccc(F)cc1)c1scc(-c2ccc(Cl)cc2)c1-n1cccc1. The minimum atomic E-state index is -0.345. The smallest absolute Gasteiger partial charge is 0.267 e. The molecule has 2 aromatic heterocycles. The molecule has 0 atom stereocenters. The van der Waals surface area contributed by atoms with Crippen LogP contribution in [0.5, 0.6) is 0 Å². The van der Waals surface area contributed by atoms with E-state index in [1.165, 1.54) is 35.6 Å². The van der Waals surface area contributed by atoms with Crippen LogP contribution in [0.15, 0.2) is 78.4 Å². The van der Waals surface area contributed by atoms with Crippen LogP contribution in [-0.4, -0.2) is 10.5 Å². The summed E-state index contributed by atoms with van der Waals surface area (Å²) in [5.41, 5.74) is 3.26. The van der Waals surface area contributed by atoms with Gasteiger partial charge in [-0.15, -0.1) is 11.3 Å². The number of hydrogen-bond donors (Lipinski definition) is 1. The fourth-order valence-electron chi connectivity index (χ4n) is 2.81. The summed E-state index contributed by atoms with van der Waals surface area (Å²) in [7, 11) is 0. The molecule has 2 aromatic carbocycles. The molecule has 4 rings (SSSR count). The number of aromatic nitrogens is 1. The molecule has 0 aliphatic carbocycles. The van der Waals surface area contributed by atoms with Crippen LogP contribution in [0.25, 0.3) is 16.8 Å². The van der Waals surface area contributed by atoms with Crippen LogP contribution in [0.4, 0.5) is 10.1 Å². The highest BCUT2D eigenvalue weighted by Crippen LogP contribution is 2.36. The largest absolute Gasteiger partial charge is 0.322 e. The Bertz CT molecular complexity index is 1070. The fourth-order valence-corrected chi connectivity index (χ4v) is 3.90. The molecule has 134 valence electrons. The van der Waals surface area contributed by atoms with Gasteiger partial charge in [-0.25, -0.2) is 4.39 Å². The topological polar surface area (TPSA) is 34.0 Å². The number of carbonyl (C=O) groups is 1. The zero-order valence-electron chi connectivity index (χ0n) is 14.0. The Kier molecular flexibility index (Phi) is 4.79. The van der Waals surface area contributed by atoms with Crippen LogP contribution in [0.3, 0.4) is 0 Å². The summed E-state index contributed by atoms with van der Waals surface area (Å²) in [6.45, 7) is 0. The van der Waals surface area contributed by atoms with Gasteiger partial charge in [0.05, 0.1) is 5.69 Å². The summed E-state index contributed by atoms with van der Waals surface area (Å²) in [4.78, 5) is 13.5. The molecule has 0 radical (unpaired) electrons. The number of benzene rings is 2. The first kappa shape index (κ1) is 17.5. The number of carbonyl (C=O) groups excluding carboxylic acids is 1. The predicted octanol–water partition coefficient (Wildman–Crippen LogP) is 6.25. The number of hydrogen-bond acceptors (Lipinski definition) is 2. The molecule has 0 saturated heterocycles. The Morgan fingerprint density at radius 1 is 1.00 bits per heavy atom. The molecule has 6 heteroatoms. The van der Waals surface area contributed by atoms with Gasteiger partial charge in [-0.05, 0) is 54.1 Å². The van der Waals surface area contributed by atoms with Gasteiger partial charge in [-0.2, -0.15) is 0 Å². The van der Waals surface area contributed by atoms with Gasteiger partial charge < -0.3 is 9.88 Å². The number of rotatable bonds is 4. The van der Waals surface area contributed by atoms with Crippen molar-refractivity contribution in [3.05, 3.63) is 94.2 Å². The molecule has 3 nitrogen and oxygen atoms in total. The second-order valence-electron chi connectivity index (χ2n) is 5.89. The molecular formula is C21H14ClFN2OS. The molecule has 1 amide bonds. The maximum absolute atomic E-state index is 13.1. The highest BCUT2D eigenvalue weighted by molar-refractivity contribution is 7.13. The van der Waals surface area contributed by atoms with Gasteiger partial charge in [0.15, 0.2) is 0 Å². The van der Waals surface area contributed by atoms with Crippen molar-refractivity contribution in [3.63, 3.8) is 0 Å². The Morgan fingerprint density at radius 2 is 1.67 bits per heavy atom. The minimum Gasteiger partial charge on any atom is -0.322 e. The van der Waals surface area contributed by atoms with E-state index >= 15 is 0 Å². The van der Waals surface area contributed by atoms with E-state index in [-0.39, 0.29) is 11.7 Å². The molecule has 0 saturated carbocycles. The second-order valence-corrected chi connectivity index (χ2v) is 7.20. The normalized spacial score (nSPS) is 10.7. The maximum atomic E-state index is 13.1.